The van der Waals surface area contributed by atoms with Gasteiger partial charge in [-0.1, -0.05) is 27.7 Å². The highest BCUT2D eigenvalue weighted by atomic mass is 16.3. The number of nitrogens with one attached hydrogen (secondary N) is 1. The highest BCUT2D eigenvalue weighted by molar-refractivity contribution is 4.80. The molecule has 0 aromatic rings. The van der Waals surface area contributed by atoms with Gasteiger partial charge in [-0.3, -0.25) is 0 Å². The molecule has 2 N–H and O–H groups in total. The Hall–Kier alpha value is -0.120. The number of aliphatic hydroxyl groups is 1. The first kappa shape index (κ1) is 19.9. The first-order valence-electron chi connectivity index (χ1n) is 8.35. The van der Waals surface area contributed by atoms with Crippen LogP contribution in [0.4, 0.5) is 0 Å². The molecule has 0 aliphatic rings. The van der Waals surface area contributed by atoms with Crippen molar-refractivity contribution >= 4 is 0 Å². The molecule has 0 aromatic carbocycles. The van der Waals surface area contributed by atoms with Crippen LogP contribution in [0.25, 0.3) is 0 Å². The van der Waals surface area contributed by atoms with Crippen molar-refractivity contribution in [3.05, 3.63) is 0 Å². The lowest BCUT2D eigenvalue weighted by atomic mass is 9.97. The second-order valence-electron chi connectivity index (χ2n) is 7.28. The maximum Gasteiger partial charge on any atom is 0.0610 e. The van der Waals surface area contributed by atoms with E-state index in [-0.39, 0.29) is 12.1 Å². The number of hydrogen-bond donors (Lipinski definition) is 2. The SMILES string of the molecule is CNC(C)(CO)CCCN(CCC(C)C)CCC(C)C. The Morgan fingerprint density at radius 3 is 1.85 bits per heavy atom. The van der Waals surface area contributed by atoms with Gasteiger partial charge in [-0.25, -0.2) is 0 Å². The molecule has 0 rings (SSSR count). The van der Waals surface area contributed by atoms with Gasteiger partial charge in [0.2, 0.25) is 0 Å². The Kier molecular flexibility index (Phi) is 10.5. The Morgan fingerprint density at radius 2 is 1.50 bits per heavy atom. The fraction of sp³-hybridized carbons (Fsp3) is 1.00. The zero-order valence-electron chi connectivity index (χ0n) is 14.7. The fourth-order valence-electron chi connectivity index (χ4n) is 2.19. The molecule has 0 aliphatic carbocycles. The highest BCUT2D eigenvalue weighted by Crippen LogP contribution is 2.13. The van der Waals surface area contributed by atoms with Crippen molar-refractivity contribution in [2.75, 3.05) is 33.3 Å². The van der Waals surface area contributed by atoms with Crippen LogP contribution in [-0.4, -0.2) is 48.8 Å². The third kappa shape index (κ3) is 9.73. The molecule has 0 radical (unpaired) electrons. The second kappa shape index (κ2) is 10.6. The number of likely N-dealkylation sites (N-methyl/N-ethyl adjacent to an activating group) is 1. The van der Waals surface area contributed by atoms with E-state index in [9.17, 15) is 5.11 Å². The van der Waals surface area contributed by atoms with Gasteiger partial charge in [-0.05, 0) is 71.1 Å². The lowest BCUT2D eigenvalue weighted by Crippen LogP contribution is -2.44. The Morgan fingerprint density at radius 1 is 1.00 bits per heavy atom. The van der Waals surface area contributed by atoms with Crippen molar-refractivity contribution in [3.63, 3.8) is 0 Å². The van der Waals surface area contributed by atoms with Gasteiger partial charge in [0.25, 0.3) is 0 Å². The van der Waals surface area contributed by atoms with Crippen LogP contribution in [0.2, 0.25) is 0 Å². The lowest BCUT2D eigenvalue weighted by Gasteiger charge is -2.29. The van der Waals surface area contributed by atoms with E-state index in [1.807, 2.05) is 7.05 Å². The molecule has 3 nitrogen and oxygen atoms in total. The summed E-state index contributed by atoms with van der Waals surface area (Å²) in [7, 11) is 1.94. The topological polar surface area (TPSA) is 35.5 Å². The fourth-order valence-corrected chi connectivity index (χ4v) is 2.19. The molecular weight excluding hydrogens is 248 g/mol. The van der Waals surface area contributed by atoms with E-state index in [0.29, 0.717) is 0 Å². The average Bonchev–Trinajstić information content (AvgIpc) is 2.40. The van der Waals surface area contributed by atoms with Crippen LogP contribution in [0.3, 0.4) is 0 Å². The largest absolute Gasteiger partial charge is 0.394 e. The number of hydrogen-bond acceptors (Lipinski definition) is 3. The summed E-state index contributed by atoms with van der Waals surface area (Å²) < 4.78 is 0. The molecule has 3 heteroatoms. The summed E-state index contributed by atoms with van der Waals surface area (Å²) >= 11 is 0. The van der Waals surface area contributed by atoms with Gasteiger partial charge in [0.1, 0.15) is 0 Å². The van der Waals surface area contributed by atoms with Gasteiger partial charge in [-0.15, -0.1) is 0 Å². The summed E-state index contributed by atoms with van der Waals surface area (Å²) in [6.07, 6.45) is 4.73. The van der Waals surface area contributed by atoms with Crippen LogP contribution in [0.5, 0.6) is 0 Å². The van der Waals surface area contributed by atoms with E-state index in [0.717, 1.165) is 31.2 Å². The zero-order chi connectivity index (χ0) is 15.6. The van der Waals surface area contributed by atoms with Crippen LogP contribution in [0, 0.1) is 11.8 Å². The average molecular weight is 287 g/mol. The van der Waals surface area contributed by atoms with Gasteiger partial charge in [0.15, 0.2) is 0 Å². The van der Waals surface area contributed by atoms with E-state index < -0.39 is 0 Å². The van der Waals surface area contributed by atoms with Gasteiger partial charge >= 0.3 is 0 Å². The van der Waals surface area contributed by atoms with Crippen LogP contribution < -0.4 is 5.32 Å². The van der Waals surface area contributed by atoms with Gasteiger partial charge < -0.3 is 15.3 Å². The Balaban J connectivity index is 4.13. The standard InChI is InChI=1S/C17H38N2O/c1-15(2)8-12-19(13-9-16(3)4)11-7-10-17(5,14-20)18-6/h15-16,18,20H,7-14H2,1-6H3. The van der Waals surface area contributed by atoms with Crippen LogP contribution in [-0.2, 0) is 0 Å². The molecule has 122 valence electrons. The predicted molar refractivity (Wildman–Crippen MR) is 89.1 cm³/mol. The van der Waals surface area contributed by atoms with Crippen molar-refractivity contribution in [1.29, 1.82) is 0 Å². The monoisotopic (exact) mass is 286 g/mol. The van der Waals surface area contributed by atoms with Crippen LogP contribution in [0.1, 0.15) is 60.3 Å². The molecular formula is C17H38N2O. The van der Waals surface area contributed by atoms with Gasteiger partial charge in [-0.2, -0.15) is 0 Å². The van der Waals surface area contributed by atoms with Gasteiger partial charge in [0.05, 0.1) is 6.61 Å². The van der Waals surface area contributed by atoms with Crippen molar-refractivity contribution in [2.45, 2.75) is 65.8 Å². The molecule has 0 fully saturated rings. The second-order valence-corrected chi connectivity index (χ2v) is 7.28. The summed E-state index contributed by atoms with van der Waals surface area (Å²) in [5.41, 5.74) is -0.123. The minimum Gasteiger partial charge on any atom is -0.394 e. The Bertz CT molecular complexity index is 213. The molecule has 0 saturated carbocycles. The molecule has 0 saturated heterocycles. The first-order valence-corrected chi connectivity index (χ1v) is 8.35. The summed E-state index contributed by atoms with van der Waals surface area (Å²) in [5, 5.41) is 12.7. The van der Waals surface area contributed by atoms with E-state index in [1.165, 1.54) is 25.9 Å². The molecule has 0 bridgehead atoms. The maximum absolute atomic E-state index is 9.43. The highest BCUT2D eigenvalue weighted by Gasteiger charge is 2.20. The zero-order valence-corrected chi connectivity index (χ0v) is 14.7. The van der Waals surface area contributed by atoms with Crippen molar-refractivity contribution in [3.8, 4) is 0 Å². The molecule has 1 atom stereocenters. The lowest BCUT2D eigenvalue weighted by molar-refractivity contribution is 0.161. The van der Waals surface area contributed by atoms with Crippen molar-refractivity contribution in [1.82, 2.24) is 10.2 Å². The van der Waals surface area contributed by atoms with Crippen molar-refractivity contribution < 1.29 is 5.11 Å². The van der Waals surface area contributed by atoms with Crippen LogP contribution >= 0.6 is 0 Å². The van der Waals surface area contributed by atoms with E-state index in [1.54, 1.807) is 0 Å². The maximum atomic E-state index is 9.43. The molecule has 20 heavy (non-hydrogen) atoms. The van der Waals surface area contributed by atoms with E-state index in [4.69, 9.17) is 0 Å². The normalized spacial score (nSPS) is 15.3. The third-order valence-corrected chi connectivity index (χ3v) is 4.20. The third-order valence-electron chi connectivity index (χ3n) is 4.20. The quantitative estimate of drug-likeness (QED) is 0.578. The van der Waals surface area contributed by atoms with E-state index >= 15 is 0 Å². The predicted octanol–water partition coefficient (Wildman–Crippen LogP) is 3.13. The molecule has 0 aliphatic heterocycles. The molecule has 0 heterocycles. The minimum atomic E-state index is -0.123. The number of rotatable bonds is 12. The molecule has 0 aromatic heterocycles. The summed E-state index contributed by atoms with van der Waals surface area (Å²) in [6, 6.07) is 0. The smallest absolute Gasteiger partial charge is 0.0610 e. The molecule has 0 spiro atoms. The summed E-state index contributed by atoms with van der Waals surface area (Å²) in [4.78, 5) is 2.60. The Labute approximate surface area is 127 Å². The summed E-state index contributed by atoms with van der Waals surface area (Å²) in [5.74, 6) is 1.55. The van der Waals surface area contributed by atoms with Crippen LogP contribution in [0.15, 0.2) is 0 Å². The minimum absolute atomic E-state index is 0.123. The molecule has 0 amide bonds. The first-order chi connectivity index (χ1) is 9.33. The molecule has 1 unspecified atom stereocenters. The number of nitrogens with zero attached hydrogens (tertiary/aromatic N) is 1. The van der Waals surface area contributed by atoms with Gasteiger partial charge in [0, 0.05) is 5.54 Å². The van der Waals surface area contributed by atoms with Crippen molar-refractivity contribution in [2.24, 2.45) is 11.8 Å². The number of aliphatic hydroxyl groups excluding tert-OH is 1. The van der Waals surface area contributed by atoms with E-state index in [2.05, 4.69) is 44.8 Å². The summed E-state index contributed by atoms with van der Waals surface area (Å²) in [6.45, 7) is 15.1.